The topological polar surface area (TPSA) is 46.4 Å². The van der Waals surface area contributed by atoms with Crippen LogP contribution >= 0.6 is 11.6 Å². The van der Waals surface area contributed by atoms with E-state index in [0.29, 0.717) is 11.9 Å². The molecule has 1 aromatic carbocycles. The first-order valence-corrected chi connectivity index (χ1v) is 7.80. The van der Waals surface area contributed by atoms with Gasteiger partial charge >= 0.3 is 0 Å². The van der Waals surface area contributed by atoms with Crippen molar-refractivity contribution in [3.63, 3.8) is 0 Å². The molecule has 0 bridgehead atoms. The summed E-state index contributed by atoms with van der Waals surface area (Å²) in [4.78, 5) is 12.9. The summed E-state index contributed by atoms with van der Waals surface area (Å²) in [6.07, 6.45) is 5.98. The van der Waals surface area contributed by atoms with Crippen LogP contribution in [0.1, 0.15) is 44.6 Å². The number of benzene rings is 1. The van der Waals surface area contributed by atoms with Gasteiger partial charge in [-0.2, -0.15) is 0 Å². The molecule has 0 radical (unpaired) electrons. The highest BCUT2D eigenvalue weighted by atomic mass is 35.5. The SMILES string of the molecule is CCC1CCCCCN1c1ccc([N+](=O)[O-])cc1CCl. The predicted octanol–water partition coefficient (Wildman–Crippen LogP) is 4.49. The monoisotopic (exact) mass is 296 g/mol. The van der Waals surface area contributed by atoms with E-state index in [0.717, 1.165) is 24.2 Å². The van der Waals surface area contributed by atoms with Crippen molar-refractivity contribution in [1.82, 2.24) is 0 Å². The van der Waals surface area contributed by atoms with E-state index in [9.17, 15) is 10.1 Å². The van der Waals surface area contributed by atoms with E-state index in [-0.39, 0.29) is 10.6 Å². The van der Waals surface area contributed by atoms with E-state index in [2.05, 4.69) is 11.8 Å². The fourth-order valence-electron chi connectivity index (χ4n) is 2.99. The van der Waals surface area contributed by atoms with Gasteiger partial charge in [-0.05, 0) is 30.9 Å². The van der Waals surface area contributed by atoms with Crippen LogP contribution in [0.4, 0.5) is 11.4 Å². The molecule has 110 valence electrons. The highest BCUT2D eigenvalue weighted by molar-refractivity contribution is 6.17. The van der Waals surface area contributed by atoms with E-state index in [1.165, 1.54) is 25.7 Å². The highest BCUT2D eigenvalue weighted by Crippen LogP contribution is 2.32. The van der Waals surface area contributed by atoms with Crippen LogP contribution in [0.5, 0.6) is 0 Å². The largest absolute Gasteiger partial charge is 0.368 e. The van der Waals surface area contributed by atoms with Crippen molar-refractivity contribution in [3.8, 4) is 0 Å². The average Bonchev–Trinajstić information content (AvgIpc) is 2.71. The Labute approximate surface area is 124 Å². The molecule has 0 spiro atoms. The van der Waals surface area contributed by atoms with Crippen molar-refractivity contribution in [2.75, 3.05) is 11.4 Å². The molecule has 1 aliphatic rings. The van der Waals surface area contributed by atoms with Crippen LogP contribution in [0.15, 0.2) is 18.2 Å². The Kier molecular flexibility index (Phi) is 5.24. The molecule has 0 aromatic heterocycles. The fraction of sp³-hybridized carbons (Fsp3) is 0.600. The lowest BCUT2D eigenvalue weighted by atomic mass is 10.1. The molecule has 1 aliphatic heterocycles. The molecule has 5 heteroatoms. The minimum absolute atomic E-state index is 0.118. The highest BCUT2D eigenvalue weighted by Gasteiger charge is 2.22. The first kappa shape index (κ1) is 15.1. The fourth-order valence-corrected chi connectivity index (χ4v) is 3.21. The normalized spacial score (nSPS) is 19.7. The Morgan fingerprint density at radius 3 is 2.85 bits per heavy atom. The maximum absolute atomic E-state index is 10.9. The molecule has 1 aromatic rings. The summed E-state index contributed by atoms with van der Waals surface area (Å²) < 4.78 is 0. The van der Waals surface area contributed by atoms with Crippen LogP contribution in [0, 0.1) is 10.1 Å². The zero-order valence-corrected chi connectivity index (χ0v) is 12.6. The summed E-state index contributed by atoms with van der Waals surface area (Å²) in [5.74, 6) is 0.309. The number of nitro groups is 1. The van der Waals surface area contributed by atoms with Gasteiger partial charge in [0, 0.05) is 36.3 Å². The Balaban J connectivity index is 2.36. The Morgan fingerprint density at radius 1 is 1.40 bits per heavy atom. The second kappa shape index (κ2) is 6.93. The van der Waals surface area contributed by atoms with E-state index in [1.807, 2.05) is 6.07 Å². The van der Waals surface area contributed by atoms with Crippen molar-refractivity contribution in [1.29, 1.82) is 0 Å². The summed E-state index contributed by atoms with van der Waals surface area (Å²) >= 11 is 6.01. The van der Waals surface area contributed by atoms with Gasteiger partial charge in [-0.25, -0.2) is 0 Å². The van der Waals surface area contributed by atoms with Gasteiger partial charge in [0.15, 0.2) is 0 Å². The number of hydrogen-bond donors (Lipinski definition) is 0. The molecular formula is C15H21ClN2O2. The van der Waals surface area contributed by atoms with Crippen molar-refractivity contribution in [2.45, 2.75) is 50.9 Å². The lowest BCUT2D eigenvalue weighted by molar-refractivity contribution is -0.384. The molecule has 0 N–H and O–H groups in total. The summed E-state index contributed by atoms with van der Waals surface area (Å²) in [5.41, 5.74) is 2.05. The summed E-state index contributed by atoms with van der Waals surface area (Å²) in [5, 5.41) is 10.9. The average molecular weight is 297 g/mol. The van der Waals surface area contributed by atoms with Gasteiger partial charge in [-0.1, -0.05) is 19.8 Å². The van der Waals surface area contributed by atoms with Crippen LogP contribution in [0.25, 0.3) is 0 Å². The van der Waals surface area contributed by atoms with Gasteiger partial charge in [0.25, 0.3) is 5.69 Å². The van der Waals surface area contributed by atoms with E-state index >= 15 is 0 Å². The second-order valence-corrected chi connectivity index (χ2v) is 5.58. The van der Waals surface area contributed by atoms with Crippen LogP contribution < -0.4 is 4.90 Å². The number of rotatable bonds is 4. The third kappa shape index (κ3) is 3.23. The molecule has 0 saturated carbocycles. The van der Waals surface area contributed by atoms with Gasteiger partial charge < -0.3 is 4.90 Å². The molecule has 1 unspecified atom stereocenters. The maximum Gasteiger partial charge on any atom is 0.269 e. The van der Waals surface area contributed by atoms with E-state index < -0.39 is 0 Å². The Bertz CT molecular complexity index is 479. The molecule has 1 heterocycles. The second-order valence-electron chi connectivity index (χ2n) is 5.31. The van der Waals surface area contributed by atoms with Gasteiger partial charge in [-0.15, -0.1) is 11.6 Å². The minimum atomic E-state index is -0.362. The Morgan fingerprint density at radius 2 is 2.20 bits per heavy atom. The first-order valence-electron chi connectivity index (χ1n) is 7.27. The summed E-state index contributed by atoms with van der Waals surface area (Å²) in [7, 11) is 0. The van der Waals surface area contributed by atoms with Crippen molar-refractivity contribution in [3.05, 3.63) is 33.9 Å². The lowest BCUT2D eigenvalue weighted by Crippen LogP contribution is -2.35. The van der Waals surface area contributed by atoms with Gasteiger partial charge in [0.1, 0.15) is 0 Å². The van der Waals surface area contributed by atoms with E-state index in [1.54, 1.807) is 12.1 Å². The molecular weight excluding hydrogens is 276 g/mol. The zero-order chi connectivity index (χ0) is 14.5. The maximum atomic E-state index is 10.9. The first-order chi connectivity index (χ1) is 9.67. The lowest BCUT2D eigenvalue weighted by Gasteiger charge is -2.33. The number of alkyl halides is 1. The molecule has 20 heavy (non-hydrogen) atoms. The third-order valence-electron chi connectivity index (χ3n) is 4.08. The third-order valence-corrected chi connectivity index (χ3v) is 4.36. The zero-order valence-electron chi connectivity index (χ0n) is 11.8. The molecule has 2 rings (SSSR count). The number of nitrogens with zero attached hydrogens (tertiary/aromatic N) is 2. The quantitative estimate of drug-likeness (QED) is 0.467. The number of anilines is 1. The number of halogens is 1. The van der Waals surface area contributed by atoms with Crippen molar-refractivity contribution < 1.29 is 4.92 Å². The van der Waals surface area contributed by atoms with Gasteiger partial charge in [0.05, 0.1) is 4.92 Å². The molecule has 1 fully saturated rings. The number of non-ortho nitro benzene ring substituents is 1. The Hall–Kier alpha value is -1.29. The van der Waals surface area contributed by atoms with Gasteiger partial charge in [0.2, 0.25) is 0 Å². The molecule has 1 saturated heterocycles. The summed E-state index contributed by atoms with van der Waals surface area (Å²) in [6, 6.07) is 5.58. The van der Waals surface area contributed by atoms with Crippen LogP contribution in [0.3, 0.4) is 0 Å². The van der Waals surface area contributed by atoms with E-state index in [4.69, 9.17) is 11.6 Å². The predicted molar refractivity (Wildman–Crippen MR) is 82.5 cm³/mol. The molecule has 0 aliphatic carbocycles. The van der Waals surface area contributed by atoms with Gasteiger partial charge in [-0.3, -0.25) is 10.1 Å². The van der Waals surface area contributed by atoms with Crippen LogP contribution in [-0.2, 0) is 5.88 Å². The standard InChI is InChI=1S/C15H21ClN2O2/c1-2-13-6-4-3-5-9-17(13)15-8-7-14(18(19)20)10-12(15)11-16/h7-8,10,13H,2-6,9,11H2,1H3. The summed E-state index contributed by atoms with van der Waals surface area (Å²) in [6.45, 7) is 3.22. The minimum Gasteiger partial charge on any atom is -0.368 e. The van der Waals surface area contributed by atoms with Crippen molar-refractivity contribution in [2.24, 2.45) is 0 Å². The van der Waals surface area contributed by atoms with Crippen molar-refractivity contribution >= 4 is 23.0 Å². The molecule has 0 amide bonds. The van der Waals surface area contributed by atoms with Crippen LogP contribution in [-0.4, -0.2) is 17.5 Å². The molecule has 1 atom stereocenters. The number of nitro benzene ring substituents is 1. The van der Waals surface area contributed by atoms with Crippen LogP contribution in [0.2, 0.25) is 0 Å². The smallest absolute Gasteiger partial charge is 0.269 e. The molecule has 4 nitrogen and oxygen atoms in total. The number of hydrogen-bond acceptors (Lipinski definition) is 3.